The van der Waals surface area contributed by atoms with Crippen LogP contribution in [0.2, 0.25) is 0 Å². The molecule has 2 nitrogen and oxygen atoms in total. The monoisotopic (exact) mass is 229 g/mol. The van der Waals surface area contributed by atoms with Crippen molar-refractivity contribution in [3.8, 4) is 0 Å². The number of alkyl halides is 1. The van der Waals surface area contributed by atoms with Crippen molar-refractivity contribution < 1.29 is 4.79 Å². The molecule has 0 N–H and O–H groups in total. The number of carbonyl (C=O) groups excluding carboxylic acids is 1. The van der Waals surface area contributed by atoms with E-state index in [1.165, 1.54) is 38.5 Å². The van der Waals surface area contributed by atoms with Crippen molar-refractivity contribution >= 4 is 17.5 Å². The first-order valence-electron chi connectivity index (χ1n) is 6.10. The number of rotatable bonds is 2. The van der Waals surface area contributed by atoms with Crippen LogP contribution in [0.4, 0.5) is 0 Å². The maximum Gasteiger partial charge on any atom is 0.223 e. The molecule has 0 aromatic heterocycles. The van der Waals surface area contributed by atoms with Gasteiger partial charge in [-0.25, -0.2) is 0 Å². The summed E-state index contributed by atoms with van der Waals surface area (Å²) in [5.41, 5.74) is 0.486. The van der Waals surface area contributed by atoms with E-state index < -0.39 is 0 Å². The van der Waals surface area contributed by atoms with Crippen LogP contribution >= 0.6 is 11.6 Å². The minimum absolute atomic E-state index is 0.257. The molecule has 2 rings (SSSR count). The molecule has 2 aliphatic rings. The molecule has 2 fully saturated rings. The smallest absolute Gasteiger partial charge is 0.223 e. The van der Waals surface area contributed by atoms with E-state index in [-0.39, 0.29) is 5.91 Å². The molecular weight excluding hydrogens is 210 g/mol. The second-order valence-electron chi connectivity index (χ2n) is 5.06. The van der Waals surface area contributed by atoms with Crippen LogP contribution in [0.25, 0.3) is 0 Å². The largest absolute Gasteiger partial charge is 0.342 e. The van der Waals surface area contributed by atoms with Gasteiger partial charge in [-0.15, -0.1) is 11.6 Å². The summed E-state index contributed by atoms with van der Waals surface area (Å²) in [6, 6.07) is 0. The molecular formula is C12H20ClNO. The van der Waals surface area contributed by atoms with E-state index in [1.54, 1.807) is 0 Å². The predicted molar refractivity (Wildman–Crippen MR) is 62.1 cm³/mol. The summed E-state index contributed by atoms with van der Waals surface area (Å²) in [6.07, 6.45) is 8.50. The van der Waals surface area contributed by atoms with Crippen molar-refractivity contribution in [1.29, 1.82) is 0 Å². The summed E-state index contributed by atoms with van der Waals surface area (Å²) in [4.78, 5) is 13.7. The topological polar surface area (TPSA) is 20.3 Å². The van der Waals surface area contributed by atoms with Gasteiger partial charge in [0.15, 0.2) is 0 Å². The molecule has 1 spiro atoms. The number of halogens is 1. The minimum Gasteiger partial charge on any atom is -0.342 e. The van der Waals surface area contributed by atoms with E-state index in [2.05, 4.69) is 0 Å². The van der Waals surface area contributed by atoms with E-state index in [4.69, 9.17) is 11.6 Å². The fraction of sp³-hybridized carbons (Fsp3) is 0.917. The highest BCUT2D eigenvalue weighted by Crippen LogP contribution is 2.43. The van der Waals surface area contributed by atoms with E-state index in [0.29, 0.717) is 17.7 Å². The van der Waals surface area contributed by atoms with Gasteiger partial charge in [-0.1, -0.05) is 19.3 Å². The molecule has 0 radical (unpaired) electrons. The van der Waals surface area contributed by atoms with Crippen molar-refractivity contribution in [2.24, 2.45) is 5.41 Å². The first-order chi connectivity index (χ1) is 7.26. The fourth-order valence-corrected chi connectivity index (χ4v) is 3.26. The van der Waals surface area contributed by atoms with E-state index >= 15 is 0 Å². The van der Waals surface area contributed by atoms with Gasteiger partial charge in [-0.05, 0) is 24.7 Å². The van der Waals surface area contributed by atoms with Crippen LogP contribution < -0.4 is 0 Å². The highest BCUT2D eigenvalue weighted by Gasteiger charge is 2.39. The zero-order chi connectivity index (χ0) is 10.7. The quantitative estimate of drug-likeness (QED) is 0.667. The Hall–Kier alpha value is -0.240. The van der Waals surface area contributed by atoms with Gasteiger partial charge < -0.3 is 4.90 Å². The Morgan fingerprint density at radius 3 is 2.60 bits per heavy atom. The first kappa shape index (κ1) is 11.3. The lowest BCUT2D eigenvalue weighted by molar-refractivity contribution is -0.130. The Morgan fingerprint density at radius 2 is 1.93 bits per heavy atom. The van der Waals surface area contributed by atoms with Crippen molar-refractivity contribution in [1.82, 2.24) is 4.90 Å². The maximum absolute atomic E-state index is 11.7. The molecule has 0 aromatic carbocycles. The number of amides is 1. The zero-order valence-electron chi connectivity index (χ0n) is 9.30. The molecule has 0 atom stereocenters. The fourth-order valence-electron chi connectivity index (χ4n) is 3.10. The third kappa shape index (κ3) is 2.47. The lowest BCUT2D eigenvalue weighted by Gasteiger charge is -2.33. The third-order valence-electron chi connectivity index (χ3n) is 4.01. The molecule has 3 heteroatoms. The Labute approximate surface area is 97.0 Å². The number of hydrogen-bond acceptors (Lipinski definition) is 1. The van der Waals surface area contributed by atoms with E-state index in [1.807, 2.05) is 4.90 Å². The molecule has 15 heavy (non-hydrogen) atoms. The third-order valence-corrected chi connectivity index (χ3v) is 4.20. The molecule has 1 aliphatic heterocycles. The van der Waals surface area contributed by atoms with Crippen molar-refractivity contribution in [2.45, 2.75) is 44.9 Å². The van der Waals surface area contributed by atoms with Crippen LogP contribution in [0.1, 0.15) is 44.9 Å². The predicted octanol–water partition coefficient (Wildman–Crippen LogP) is 2.80. The molecule has 86 valence electrons. The molecule has 0 bridgehead atoms. The van der Waals surface area contributed by atoms with Crippen LogP contribution in [-0.2, 0) is 4.79 Å². The van der Waals surface area contributed by atoms with Crippen LogP contribution in [0.15, 0.2) is 0 Å². The van der Waals surface area contributed by atoms with Gasteiger partial charge in [0.25, 0.3) is 0 Å². The van der Waals surface area contributed by atoms with Gasteiger partial charge in [-0.2, -0.15) is 0 Å². The van der Waals surface area contributed by atoms with Gasteiger partial charge in [0.2, 0.25) is 5.91 Å². The molecule has 1 amide bonds. The molecule has 1 aliphatic carbocycles. The van der Waals surface area contributed by atoms with Gasteiger partial charge in [0, 0.05) is 25.4 Å². The number of likely N-dealkylation sites (tertiary alicyclic amines) is 1. The highest BCUT2D eigenvalue weighted by molar-refractivity contribution is 6.18. The van der Waals surface area contributed by atoms with Crippen LogP contribution in [0.5, 0.6) is 0 Å². The van der Waals surface area contributed by atoms with Crippen LogP contribution in [-0.4, -0.2) is 29.8 Å². The molecule has 0 aromatic rings. The van der Waals surface area contributed by atoms with Crippen molar-refractivity contribution in [3.05, 3.63) is 0 Å². The minimum atomic E-state index is 0.257. The molecule has 1 saturated heterocycles. The number of hydrogen-bond donors (Lipinski definition) is 0. The van der Waals surface area contributed by atoms with Gasteiger partial charge in [0.1, 0.15) is 0 Å². The second kappa shape index (κ2) is 4.73. The van der Waals surface area contributed by atoms with Gasteiger partial charge >= 0.3 is 0 Å². The molecule has 1 heterocycles. The average molecular weight is 230 g/mol. The first-order valence-corrected chi connectivity index (χ1v) is 6.63. The Kier molecular flexibility index (Phi) is 3.55. The number of nitrogens with zero attached hydrogens (tertiary/aromatic N) is 1. The molecule has 1 saturated carbocycles. The van der Waals surface area contributed by atoms with E-state index in [0.717, 1.165) is 13.1 Å². The average Bonchev–Trinajstić information content (AvgIpc) is 2.64. The van der Waals surface area contributed by atoms with Crippen molar-refractivity contribution in [3.63, 3.8) is 0 Å². The maximum atomic E-state index is 11.7. The van der Waals surface area contributed by atoms with Crippen LogP contribution in [0.3, 0.4) is 0 Å². The van der Waals surface area contributed by atoms with Crippen LogP contribution in [0, 0.1) is 5.41 Å². The SMILES string of the molecule is O=C(CCCl)N1CCC2(CCCCC2)C1. The van der Waals surface area contributed by atoms with E-state index in [9.17, 15) is 4.79 Å². The molecule has 0 unspecified atom stereocenters. The Balaban J connectivity index is 1.90. The van der Waals surface area contributed by atoms with Gasteiger partial charge in [-0.3, -0.25) is 4.79 Å². The highest BCUT2D eigenvalue weighted by atomic mass is 35.5. The Morgan fingerprint density at radius 1 is 1.20 bits per heavy atom. The summed E-state index contributed by atoms with van der Waals surface area (Å²) in [5.74, 6) is 0.718. The normalized spacial score (nSPS) is 24.7. The lowest BCUT2D eigenvalue weighted by atomic mass is 9.73. The summed E-state index contributed by atoms with van der Waals surface area (Å²) in [5, 5.41) is 0. The summed E-state index contributed by atoms with van der Waals surface area (Å²) < 4.78 is 0. The second-order valence-corrected chi connectivity index (χ2v) is 5.44. The summed E-state index contributed by atoms with van der Waals surface area (Å²) in [6.45, 7) is 1.97. The zero-order valence-corrected chi connectivity index (χ0v) is 10.1. The van der Waals surface area contributed by atoms with Crippen molar-refractivity contribution in [2.75, 3.05) is 19.0 Å². The Bertz CT molecular complexity index is 236. The summed E-state index contributed by atoms with van der Waals surface area (Å²) >= 11 is 5.60. The lowest BCUT2D eigenvalue weighted by Crippen LogP contribution is -2.33. The number of carbonyl (C=O) groups is 1. The van der Waals surface area contributed by atoms with Gasteiger partial charge in [0.05, 0.1) is 0 Å². The summed E-state index contributed by atoms with van der Waals surface area (Å²) in [7, 11) is 0. The standard InChI is InChI=1S/C12H20ClNO/c13-8-4-11(15)14-9-7-12(10-14)5-2-1-3-6-12/h1-10H2.